The van der Waals surface area contributed by atoms with E-state index in [2.05, 4.69) is 15.2 Å². The van der Waals surface area contributed by atoms with Crippen molar-refractivity contribution in [2.45, 2.75) is 38.6 Å². The van der Waals surface area contributed by atoms with Gasteiger partial charge in [0.2, 0.25) is 5.91 Å². The van der Waals surface area contributed by atoms with Crippen molar-refractivity contribution in [3.63, 3.8) is 0 Å². The maximum Gasteiger partial charge on any atom is 0.261 e. The molecule has 2 aliphatic rings. The Balaban J connectivity index is 1.29. The first-order valence-corrected chi connectivity index (χ1v) is 10.6. The normalized spacial score (nSPS) is 16.4. The summed E-state index contributed by atoms with van der Waals surface area (Å²) in [7, 11) is 0. The minimum atomic E-state index is -0.334. The quantitative estimate of drug-likeness (QED) is 0.746. The van der Waals surface area contributed by atoms with E-state index >= 15 is 0 Å². The molecule has 4 rings (SSSR count). The van der Waals surface area contributed by atoms with Gasteiger partial charge in [-0.25, -0.2) is 4.98 Å². The first kappa shape index (κ1) is 20.1. The molecule has 0 spiro atoms. The SMILES string of the molecule is O=C(CCN1C(=O)c2ccccc2C1=O)NCc1ccnc(N2CCCCCC2)c1. The van der Waals surface area contributed by atoms with Crippen molar-refractivity contribution in [1.82, 2.24) is 15.2 Å². The molecule has 30 heavy (non-hydrogen) atoms. The maximum atomic E-state index is 12.4. The highest BCUT2D eigenvalue weighted by atomic mass is 16.2. The van der Waals surface area contributed by atoms with Gasteiger partial charge in [0.05, 0.1) is 11.1 Å². The Labute approximate surface area is 176 Å². The fourth-order valence-corrected chi connectivity index (χ4v) is 3.99. The van der Waals surface area contributed by atoms with Crippen LogP contribution in [0, 0.1) is 0 Å². The molecule has 3 heterocycles. The molecule has 1 aromatic carbocycles. The van der Waals surface area contributed by atoms with Crippen LogP contribution < -0.4 is 10.2 Å². The Hall–Kier alpha value is -3.22. The minimum Gasteiger partial charge on any atom is -0.357 e. The number of hydrogen-bond donors (Lipinski definition) is 1. The van der Waals surface area contributed by atoms with Crippen LogP contribution in [0.1, 0.15) is 58.4 Å². The highest BCUT2D eigenvalue weighted by molar-refractivity contribution is 6.21. The molecule has 2 aliphatic heterocycles. The second-order valence-corrected chi connectivity index (χ2v) is 7.76. The summed E-state index contributed by atoms with van der Waals surface area (Å²) in [5.74, 6) is 0.0913. The molecule has 0 bridgehead atoms. The Morgan fingerprint density at radius 2 is 1.63 bits per heavy atom. The second-order valence-electron chi connectivity index (χ2n) is 7.76. The summed E-state index contributed by atoms with van der Waals surface area (Å²) in [5, 5.41) is 2.88. The monoisotopic (exact) mass is 406 g/mol. The molecule has 7 nitrogen and oxygen atoms in total. The molecule has 1 aromatic heterocycles. The van der Waals surface area contributed by atoms with Crippen LogP contribution in [0.3, 0.4) is 0 Å². The molecule has 0 radical (unpaired) electrons. The number of nitrogens with one attached hydrogen (secondary N) is 1. The molecule has 1 saturated heterocycles. The van der Waals surface area contributed by atoms with E-state index in [1.165, 1.54) is 25.7 Å². The van der Waals surface area contributed by atoms with Gasteiger partial charge < -0.3 is 10.2 Å². The van der Waals surface area contributed by atoms with E-state index in [0.717, 1.165) is 29.4 Å². The van der Waals surface area contributed by atoms with Gasteiger partial charge in [-0.05, 0) is 42.7 Å². The number of fused-ring (bicyclic) bond motifs is 1. The number of benzene rings is 1. The number of rotatable bonds is 6. The fourth-order valence-electron chi connectivity index (χ4n) is 3.99. The van der Waals surface area contributed by atoms with E-state index in [0.29, 0.717) is 17.7 Å². The van der Waals surface area contributed by atoms with E-state index in [4.69, 9.17) is 0 Å². The van der Waals surface area contributed by atoms with Gasteiger partial charge >= 0.3 is 0 Å². The van der Waals surface area contributed by atoms with Gasteiger partial charge in [0.15, 0.2) is 0 Å². The summed E-state index contributed by atoms with van der Waals surface area (Å²) in [6, 6.07) is 10.7. The minimum absolute atomic E-state index is 0.0769. The van der Waals surface area contributed by atoms with Crippen LogP contribution in [-0.2, 0) is 11.3 Å². The third-order valence-electron chi connectivity index (χ3n) is 5.67. The van der Waals surface area contributed by atoms with Gasteiger partial charge in [0.1, 0.15) is 5.82 Å². The number of pyridine rings is 1. The highest BCUT2D eigenvalue weighted by Gasteiger charge is 2.34. The van der Waals surface area contributed by atoms with Crippen LogP contribution in [0.2, 0.25) is 0 Å². The van der Waals surface area contributed by atoms with Crippen LogP contribution in [-0.4, -0.2) is 47.2 Å². The molecule has 0 aliphatic carbocycles. The molecule has 3 amide bonds. The van der Waals surface area contributed by atoms with Crippen LogP contribution in [0.5, 0.6) is 0 Å². The molecular formula is C23H26N4O3. The first-order chi connectivity index (χ1) is 14.6. The summed E-state index contributed by atoms with van der Waals surface area (Å²) in [5.41, 5.74) is 1.79. The average Bonchev–Trinajstić information content (AvgIpc) is 2.96. The number of aromatic nitrogens is 1. The van der Waals surface area contributed by atoms with Crippen molar-refractivity contribution < 1.29 is 14.4 Å². The van der Waals surface area contributed by atoms with Gasteiger partial charge in [-0.1, -0.05) is 25.0 Å². The average molecular weight is 406 g/mol. The molecule has 0 atom stereocenters. The van der Waals surface area contributed by atoms with E-state index in [1.54, 1.807) is 30.5 Å². The van der Waals surface area contributed by atoms with Crippen molar-refractivity contribution in [2.24, 2.45) is 0 Å². The summed E-state index contributed by atoms with van der Waals surface area (Å²) < 4.78 is 0. The van der Waals surface area contributed by atoms with Crippen molar-refractivity contribution in [3.05, 3.63) is 59.3 Å². The summed E-state index contributed by atoms with van der Waals surface area (Å²) in [4.78, 5) is 45.0. The van der Waals surface area contributed by atoms with Crippen LogP contribution in [0.4, 0.5) is 5.82 Å². The van der Waals surface area contributed by atoms with Crippen LogP contribution in [0.15, 0.2) is 42.6 Å². The van der Waals surface area contributed by atoms with Crippen molar-refractivity contribution >= 4 is 23.5 Å². The zero-order valence-corrected chi connectivity index (χ0v) is 17.0. The molecule has 1 N–H and O–H groups in total. The van der Waals surface area contributed by atoms with Gasteiger partial charge in [-0.15, -0.1) is 0 Å². The number of carbonyl (C=O) groups excluding carboxylic acids is 3. The zero-order valence-electron chi connectivity index (χ0n) is 17.0. The van der Waals surface area contributed by atoms with Crippen LogP contribution in [0.25, 0.3) is 0 Å². The first-order valence-electron chi connectivity index (χ1n) is 10.6. The topological polar surface area (TPSA) is 82.6 Å². The molecular weight excluding hydrogens is 380 g/mol. The second kappa shape index (κ2) is 9.07. The Morgan fingerprint density at radius 3 is 2.30 bits per heavy atom. The molecule has 2 aromatic rings. The lowest BCUT2D eigenvalue weighted by Gasteiger charge is -2.21. The smallest absolute Gasteiger partial charge is 0.261 e. The standard InChI is InChI=1S/C23H26N4O3/c28-21(10-14-27-22(29)18-7-3-4-8-19(18)23(27)30)25-16-17-9-11-24-20(15-17)26-12-5-1-2-6-13-26/h3-4,7-9,11,15H,1-2,5-6,10,12-14,16H2,(H,25,28). The maximum absolute atomic E-state index is 12.4. The van der Waals surface area contributed by atoms with Gasteiger partial charge in [-0.2, -0.15) is 0 Å². The fraction of sp³-hybridized carbons (Fsp3) is 0.391. The van der Waals surface area contributed by atoms with E-state index < -0.39 is 0 Å². The number of amides is 3. The lowest BCUT2D eigenvalue weighted by atomic mass is 10.1. The van der Waals surface area contributed by atoms with Gasteiger partial charge in [-0.3, -0.25) is 19.3 Å². The number of hydrogen-bond acceptors (Lipinski definition) is 5. The van der Waals surface area contributed by atoms with Crippen LogP contribution >= 0.6 is 0 Å². The molecule has 0 unspecified atom stereocenters. The molecule has 0 saturated carbocycles. The molecule has 156 valence electrons. The van der Waals surface area contributed by atoms with E-state index in [9.17, 15) is 14.4 Å². The summed E-state index contributed by atoms with van der Waals surface area (Å²) in [6.07, 6.45) is 6.75. The number of nitrogens with zero attached hydrogens (tertiary/aromatic N) is 3. The van der Waals surface area contributed by atoms with E-state index in [1.807, 2.05) is 12.1 Å². The van der Waals surface area contributed by atoms with Crippen molar-refractivity contribution in [3.8, 4) is 0 Å². The lowest BCUT2D eigenvalue weighted by molar-refractivity contribution is -0.121. The number of anilines is 1. The number of imide groups is 1. The predicted molar refractivity (Wildman–Crippen MR) is 113 cm³/mol. The molecule has 7 heteroatoms. The van der Waals surface area contributed by atoms with Gasteiger partial charge in [0.25, 0.3) is 11.8 Å². The third-order valence-corrected chi connectivity index (χ3v) is 5.67. The highest BCUT2D eigenvalue weighted by Crippen LogP contribution is 2.22. The summed E-state index contributed by atoms with van der Waals surface area (Å²) in [6.45, 7) is 2.50. The zero-order chi connectivity index (χ0) is 20.9. The Kier molecular flexibility index (Phi) is 6.07. The largest absolute Gasteiger partial charge is 0.357 e. The van der Waals surface area contributed by atoms with Crippen molar-refractivity contribution in [1.29, 1.82) is 0 Å². The summed E-state index contributed by atoms with van der Waals surface area (Å²) >= 11 is 0. The predicted octanol–water partition coefficient (Wildman–Crippen LogP) is 2.76. The third kappa shape index (κ3) is 4.35. The Bertz CT molecular complexity index is 916. The Morgan fingerprint density at radius 1 is 0.967 bits per heavy atom. The lowest BCUT2D eigenvalue weighted by Crippen LogP contribution is -2.34. The number of carbonyl (C=O) groups is 3. The molecule has 1 fully saturated rings. The van der Waals surface area contributed by atoms with Crippen molar-refractivity contribution in [2.75, 3.05) is 24.5 Å². The van der Waals surface area contributed by atoms with E-state index in [-0.39, 0.29) is 30.7 Å². The van der Waals surface area contributed by atoms with Gasteiger partial charge in [0, 0.05) is 38.8 Å².